The fourth-order valence-corrected chi connectivity index (χ4v) is 2.42. The topological polar surface area (TPSA) is 3.24 Å². The van der Waals surface area contributed by atoms with Crippen molar-refractivity contribution in [3.8, 4) is 0 Å². The van der Waals surface area contributed by atoms with E-state index >= 15 is 0 Å². The van der Waals surface area contributed by atoms with E-state index < -0.39 is 89.5 Å². The Balaban J connectivity index is 2.42. The van der Waals surface area contributed by atoms with Gasteiger partial charge in [0.05, 0.1) is 19.2 Å². The third-order valence-corrected chi connectivity index (χ3v) is 3.66. The first-order valence-electron chi connectivity index (χ1n) is 14.2. The molecule has 0 atom stereocenters. The molecule has 3 rings (SSSR count). The summed E-state index contributed by atoms with van der Waals surface area (Å²) in [6.45, 7) is -6.43. The predicted molar refractivity (Wildman–Crippen MR) is 101 cm³/mol. The van der Waals surface area contributed by atoms with E-state index in [1.165, 1.54) is 0 Å². The van der Waals surface area contributed by atoms with Crippen molar-refractivity contribution in [3.63, 3.8) is 0 Å². The highest BCUT2D eigenvalue weighted by Gasteiger charge is 2.16. The molecule has 0 aliphatic heterocycles. The summed E-state index contributed by atoms with van der Waals surface area (Å²) in [6.07, 6.45) is 4.09. The highest BCUT2D eigenvalue weighted by Crippen LogP contribution is 2.22. The molecule has 0 bridgehead atoms. The smallest absolute Gasteiger partial charge is 0.105 e. The fourth-order valence-electron chi connectivity index (χ4n) is 2.14. The molecule has 1 aliphatic rings. The lowest BCUT2D eigenvalue weighted by molar-refractivity contribution is 0.411. The van der Waals surface area contributed by atoms with Crippen molar-refractivity contribution >= 4 is 17.2 Å². The lowest BCUT2D eigenvalue weighted by Crippen LogP contribution is -2.30. The zero-order valence-electron chi connectivity index (χ0n) is 26.3. The molecule has 2 aromatic rings. The van der Waals surface area contributed by atoms with E-state index in [2.05, 4.69) is 0 Å². The van der Waals surface area contributed by atoms with E-state index in [9.17, 15) is 0 Å². The first-order chi connectivity index (χ1) is 17.0. The minimum absolute atomic E-state index is 0.350. The van der Waals surface area contributed by atoms with Crippen molar-refractivity contribution in [2.45, 2.75) is 38.7 Å². The van der Waals surface area contributed by atoms with Crippen molar-refractivity contribution in [2.24, 2.45) is 0 Å². The predicted octanol–water partition coefficient (Wildman–Crippen LogP) is 5.52. The lowest BCUT2D eigenvalue weighted by Gasteiger charge is -2.28. The normalized spacial score (nSPS) is 24.1. The van der Waals surface area contributed by atoms with Crippen molar-refractivity contribution in [1.82, 2.24) is 4.90 Å². The van der Waals surface area contributed by atoms with Gasteiger partial charge in [-0.25, -0.2) is 0 Å². The van der Waals surface area contributed by atoms with Crippen LogP contribution in [0.4, 0.5) is 0 Å². The number of hydrogen-bond acceptors (Lipinski definition) is 1. The number of nitrogens with zero attached hydrogens (tertiary/aromatic N) is 1. The molecule has 0 fully saturated rings. The molecule has 2 aromatic carbocycles. The third-order valence-electron chi connectivity index (χ3n) is 3.22. The van der Waals surface area contributed by atoms with Crippen LogP contribution in [-0.4, -0.2) is 9.89 Å². The molecular formula is C21H23NS. The molecule has 0 aromatic heterocycles. The Morgan fingerprint density at radius 2 is 1.52 bits per heavy atom. The van der Waals surface area contributed by atoms with Crippen LogP contribution in [0.15, 0.2) is 72.1 Å². The van der Waals surface area contributed by atoms with Gasteiger partial charge >= 0.3 is 0 Å². The van der Waals surface area contributed by atoms with E-state index in [1.807, 2.05) is 0 Å². The van der Waals surface area contributed by atoms with Crippen LogP contribution in [0.25, 0.3) is 0 Å². The van der Waals surface area contributed by atoms with Gasteiger partial charge in [-0.1, -0.05) is 78.7 Å². The van der Waals surface area contributed by atoms with Gasteiger partial charge in [-0.2, -0.15) is 0 Å². The Bertz CT molecular complexity index is 1180. The van der Waals surface area contributed by atoms with Crippen LogP contribution in [0.3, 0.4) is 0 Å². The van der Waals surface area contributed by atoms with Crippen LogP contribution < -0.4 is 0 Å². The van der Waals surface area contributed by atoms with Crippen LogP contribution >= 0.6 is 12.2 Å². The Morgan fingerprint density at radius 1 is 0.957 bits per heavy atom. The number of thiocarbonyl (C=S) groups is 1. The third kappa shape index (κ3) is 4.52. The molecule has 118 valence electrons. The number of benzene rings is 2. The summed E-state index contributed by atoms with van der Waals surface area (Å²) < 4.78 is 116. The number of allylic oxidation sites excluding steroid dienone is 1. The standard InChI is InChI=1S/C21H23NS/c23-21(20-14-8-3-9-15-20)22(16-18-10-4-1-5-11-18)17-19-12-6-2-7-13-19/h1-2,4-7,10-14H,3,8-9,15-17H2/i1D,2D,4D,5D,6D,7D,10D,11D,12D,13D,16D2,17D2. The summed E-state index contributed by atoms with van der Waals surface area (Å²) in [7, 11) is 0. The highest BCUT2D eigenvalue weighted by molar-refractivity contribution is 7.80. The zero-order chi connectivity index (χ0) is 28.2. The van der Waals surface area contributed by atoms with E-state index in [0.717, 1.165) is 6.42 Å². The van der Waals surface area contributed by atoms with E-state index in [1.54, 1.807) is 6.08 Å². The van der Waals surface area contributed by atoms with Crippen LogP contribution in [-0.2, 0) is 13.0 Å². The summed E-state index contributed by atoms with van der Waals surface area (Å²) >= 11 is 5.52. The zero-order valence-corrected chi connectivity index (χ0v) is 13.1. The van der Waals surface area contributed by atoms with Crippen molar-refractivity contribution < 1.29 is 19.2 Å². The van der Waals surface area contributed by atoms with Gasteiger partial charge in [0, 0.05) is 13.0 Å². The van der Waals surface area contributed by atoms with Crippen molar-refractivity contribution in [3.05, 3.63) is 83.2 Å². The summed E-state index contributed by atoms with van der Waals surface area (Å²) in [5, 5.41) is 0. The molecular weight excluding hydrogens is 298 g/mol. The minimum atomic E-state index is -3.21. The average Bonchev–Trinajstić information content (AvgIpc) is 2.83. The minimum Gasteiger partial charge on any atom is -0.354 e. The van der Waals surface area contributed by atoms with Gasteiger partial charge in [0.1, 0.15) is 4.99 Å². The Labute approximate surface area is 164 Å². The van der Waals surface area contributed by atoms with E-state index in [4.69, 9.17) is 31.4 Å². The number of hydrogen-bond donors (Lipinski definition) is 0. The van der Waals surface area contributed by atoms with Crippen LogP contribution in [0.5, 0.6) is 0 Å². The molecule has 1 aliphatic carbocycles. The monoisotopic (exact) mass is 335 g/mol. The summed E-state index contributed by atoms with van der Waals surface area (Å²) in [6, 6.07) is -8.58. The van der Waals surface area contributed by atoms with Crippen LogP contribution in [0.1, 0.15) is 56.0 Å². The van der Waals surface area contributed by atoms with Crippen LogP contribution in [0.2, 0.25) is 0 Å². The van der Waals surface area contributed by atoms with E-state index in [-0.39, 0.29) is 0 Å². The summed E-state index contributed by atoms with van der Waals surface area (Å²) in [4.78, 5) is -0.0396. The molecule has 1 nitrogen and oxygen atoms in total. The largest absolute Gasteiger partial charge is 0.354 e. The maximum absolute atomic E-state index is 8.93. The fraction of sp³-hybridized carbons (Fsp3) is 0.286. The second-order valence-corrected chi connectivity index (χ2v) is 5.23. The summed E-state index contributed by atoms with van der Waals surface area (Å²) in [5.74, 6) is 0. The molecule has 0 unspecified atom stereocenters. The molecule has 0 saturated carbocycles. The first-order valence-corrected chi connectivity index (χ1v) is 7.58. The Kier molecular flexibility index (Phi) is 2.17. The van der Waals surface area contributed by atoms with Gasteiger partial charge in [0.15, 0.2) is 0 Å². The quantitative estimate of drug-likeness (QED) is 0.662. The number of rotatable bonds is 5. The second kappa shape index (κ2) is 8.07. The van der Waals surface area contributed by atoms with E-state index in [0.29, 0.717) is 29.7 Å². The van der Waals surface area contributed by atoms with Gasteiger partial charge in [-0.05, 0) is 42.4 Å². The Hall–Kier alpha value is -1.93. The van der Waals surface area contributed by atoms with Crippen LogP contribution in [0, 0.1) is 0 Å². The molecule has 0 amide bonds. The maximum Gasteiger partial charge on any atom is 0.105 e. The van der Waals surface area contributed by atoms with Crippen molar-refractivity contribution in [2.75, 3.05) is 0 Å². The highest BCUT2D eigenvalue weighted by atomic mass is 32.1. The molecule has 0 N–H and O–H groups in total. The maximum atomic E-state index is 8.93. The molecule has 0 saturated heterocycles. The first kappa shape index (κ1) is 6.18. The average molecular weight is 336 g/mol. The van der Waals surface area contributed by atoms with Crippen molar-refractivity contribution in [1.29, 1.82) is 0 Å². The molecule has 0 spiro atoms. The van der Waals surface area contributed by atoms with Gasteiger partial charge < -0.3 is 4.90 Å². The second-order valence-electron chi connectivity index (χ2n) is 4.84. The Morgan fingerprint density at radius 3 is 2.00 bits per heavy atom. The molecule has 0 radical (unpaired) electrons. The lowest BCUT2D eigenvalue weighted by atomic mass is 9.98. The van der Waals surface area contributed by atoms with Gasteiger partial charge in [0.2, 0.25) is 0 Å². The summed E-state index contributed by atoms with van der Waals surface area (Å²) in [5.41, 5.74) is -1.42. The van der Waals surface area contributed by atoms with Gasteiger partial charge in [-0.3, -0.25) is 0 Å². The molecule has 23 heavy (non-hydrogen) atoms. The van der Waals surface area contributed by atoms with Gasteiger partial charge in [-0.15, -0.1) is 0 Å². The molecule has 2 heteroatoms. The molecule has 0 heterocycles. The SMILES string of the molecule is [2H]c1c([2H])c([2H])c(C([2H])([2H])N(C(=S)C2=CCCCC2)C([2H])([2H])c2c([2H])c([2H])c([2H])c([2H])c2[2H])c([2H])c1[2H]. The van der Waals surface area contributed by atoms with Gasteiger partial charge in [0.25, 0.3) is 0 Å².